The first-order valence-electron chi connectivity index (χ1n) is 8.81. The molecule has 0 aromatic heterocycles. The summed E-state index contributed by atoms with van der Waals surface area (Å²) in [6.07, 6.45) is 0. The van der Waals surface area contributed by atoms with Gasteiger partial charge in [-0.05, 0) is 47.9 Å². The molecule has 1 unspecified atom stereocenters. The highest BCUT2D eigenvalue weighted by Crippen LogP contribution is 2.33. The fourth-order valence-electron chi connectivity index (χ4n) is 3.01. The van der Waals surface area contributed by atoms with Crippen LogP contribution in [0.25, 0.3) is 11.1 Å². The Labute approximate surface area is 155 Å². The van der Waals surface area contributed by atoms with Crippen molar-refractivity contribution in [3.8, 4) is 22.6 Å². The summed E-state index contributed by atoms with van der Waals surface area (Å²) in [5.74, 6) is 1.70. The third-order valence-corrected chi connectivity index (χ3v) is 4.56. The summed E-state index contributed by atoms with van der Waals surface area (Å²) >= 11 is 0. The fourth-order valence-corrected chi connectivity index (χ4v) is 3.01. The largest absolute Gasteiger partial charge is 0.497 e. The van der Waals surface area contributed by atoms with Crippen LogP contribution in [0, 0.1) is 0 Å². The quantitative estimate of drug-likeness (QED) is 0.635. The smallest absolute Gasteiger partial charge is 0.126 e. The SMILES string of the molecule is COc1cccc(-c2cc(CNC(C)c3ccccc3)ccc2OC)c1. The van der Waals surface area contributed by atoms with Crippen LogP contribution >= 0.6 is 0 Å². The van der Waals surface area contributed by atoms with E-state index in [0.29, 0.717) is 6.04 Å². The molecule has 134 valence electrons. The molecule has 0 aliphatic heterocycles. The third-order valence-electron chi connectivity index (χ3n) is 4.56. The van der Waals surface area contributed by atoms with E-state index >= 15 is 0 Å². The fraction of sp³-hybridized carbons (Fsp3) is 0.217. The van der Waals surface area contributed by atoms with Gasteiger partial charge in [0.1, 0.15) is 11.5 Å². The van der Waals surface area contributed by atoms with E-state index in [4.69, 9.17) is 9.47 Å². The molecule has 0 aliphatic carbocycles. The second-order valence-electron chi connectivity index (χ2n) is 6.28. The van der Waals surface area contributed by atoms with Crippen LogP contribution in [-0.4, -0.2) is 14.2 Å². The van der Waals surface area contributed by atoms with Gasteiger partial charge in [0.05, 0.1) is 14.2 Å². The molecule has 0 heterocycles. The molecule has 1 N–H and O–H groups in total. The van der Waals surface area contributed by atoms with E-state index in [9.17, 15) is 0 Å². The van der Waals surface area contributed by atoms with Crippen molar-refractivity contribution in [2.24, 2.45) is 0 Å². The predicted molar refractivity (Wildman–Crippen MR) is 107 cm³/mol. The Morgan fingerprint density at radius 1 is 0.846 bits per heavy atom. The molecule has 0 fully saturated rings. The Morgan fingerprint density at radius 3 is 2.38 bits per heavy atom. The molecule has 26 heavy (non-hydrogen) atoms. The highest BCUT2D eigenvalue weighted by atomic mass is 16.5. The summed E-state index contributed by atoms with van der Waals surface area (Å²) in [6.45, 7) is 2.97. The van der Waals surface area contributed by atoms with Gasteiger partial charge >= 0.3 is 0 Å². The van der Waals surface area contributed by atoms with Crippen LogP contribution in [-0.2, 0) is 6.54 Å². The van der Waals surface area contributed by atoms with Crippen molar-refractivity contribution >= 4 is 0 Å². The lowest BCUT2D eigenvalue weighted by molar-refractivity contribution is 0.413. The van der Waals surface area contributed by atoms with E-state index in [2.05, 4.69) is 54.7 Å². The maximum atomic E-state index is 5.56. The minimum Gasteiger partial charge on any atom is -0.497 e. The first-order valence-corrected chi connectivity index (χ1v) is 8.81. The molecule has 0 amide bonds. The lowest BCUT2D eigenvalue weighted by Gasteiger charge is -2.16. The minimum atomic E-state index is 0.290. The second-order valence-corrected chi connectivity index (χ2v) is 6.28. The Bertz CT molecular complexity index is 846. The summed E-state index contributed by atoms with van der Waals surface area (Å²) in [6, 6.07) is 25.1. The molecule has 1 atom stereocenters. The maximum Gasteiger partial charge on any atom is 0.126 e. The summed E-state index contributed by atoms with van der Waals surface area (Å²) in [5, 5.41) is 3.59. The van der Waals surface area contributed by atoms with E-state index in [0.717, 1.165) is 29.2 Å². The number of ether oxygens (including phenoxy) is 2. The van der Waals surface area contributed by atoms with Crippen molar-refractivity contribution in [3.63, 3.8) is 0 Å². The number of rotatable bonds is 7. The van der Waals surface area contributed by atoms with Gasteiger partial charge in [-0.25, -0.2) is 0 Å². The molecule has 3 aromatic carbocycles. The zero-order valence-electron chi connectivity index (χ0n) is 15.5. The van der Waals surface area contributed by atoms with Crippen molar-refractivity contribution < 1.29 is 9.47 Å². The zero-order chi connectivity index (χ0) is 18.4. The molecule has 0 aliphatic rings. The first-order chi connectivity index (χ1) is 12.7. The van der Waals surface area contributed by atoms with Crippen LogP contribution in [0.5, 0.6) is 11.5 Å². The van der Waals surface area contributed by atoms with Gasteiger partial charge in [0.25, 0.3) is 0 Å². The summed E-state index contributed by atoms with van der Waals surface area (Å²) < 4.78 is 10.9. The zero-order valence-corrected chi connectivity index (χ0v) is 15.5. The normalized spacial score (nSPS) is 11.8. The van der Waals surface area contributed by atoms with Crippen LogP contribution < -0.4 is 14.8 Å². The average molecular weight is 347 g/mol. The monoisotopic (exact) mass is 347 g/mol. The lowest BCUT2D eigenvalue weighted by atomic mass is 10.0. The van der Waals surface area contributed by atoms with E-state index in [1.807, 2.05) is 30.3 Å². The van der Waals surface area contributed by atoms with Crippen LogP contribution in [0.15, 0.2) is 72.8 Å². The Balaban J connectivity index is 1.81. The molecule has 3 rings (SSSR count). The number of hydrogen-bond donors (Lipinski definition) is 1. The van der Waals surface area contributed by atoms with Gasteiger partial charge in [-0.1, -0.05) is 48.5 Å². The Hall–Kier alpha value is -2.78. The molecule has 3 aromatic rings. The molecule has 3 nitrogen and oxygen atoms in total. The Kier molecular flexibility index (Phi) is 5.92. The lowest BCUT2D eigenvalue weighted by Crippen LogP contribution is -2.18. The van der Waals surface area contributed by atoms with Crippen molar-refractivity contribution in [1.29, 1.82) is 0 Å². The predicted octanol–water partition coefficient (Wildman–Crippen LogP) is 5.22. The molecular formula is C23H25NO2. The standard InChI is InChI=1S/C23H25NO2/c1-17(19-8-5-4-6-9-19)24-16-18-12-13-23(26-3)22(14-18)20-10-7-11-21(15-20)25-2/h4-15,17,24H,16H2,1-3H3. The molecule has 0 spiro atoms. The van der Waals surface area contributed by atoms with Gasteiger partial charge in [0.15, 0.2) is 0 Å². The van der Waals surface area contributed by atoms with Crippen LogP contribution in [0.1, 0.15) is 24.1 Å². The van der Waals surface area contributed by atoms with Gasteiger partial charge in [-0.15, -0.1) is 0 Å². The number of methoxy groups -OCH3 is 2. The molecule has 0 radical (unpaired) electrons. The van der Waals surface area contributed by atoms with Gasteiger partial charge in [-0.2, -0.15) is 0 Å². The third kappa shape index (κ3) is 4.24. The average Bonchev–Trinajstić information content (AvgIpc) is 2.72. The van der Waals surface area contributed by atoms with Crippen LogP contribution in [0.2, 0.25) is 0 Å². The summed E-state index contributed by atoms with van der Waals surface area (Å²) in [5.41, 5.74) is 4.65. The van der Waals surface area contributed by atoms with Gasteiger partial charge in [-0.3, -0.25) is 0 Å². The van der Waals surface area contributed by atoms with Gasteiger partial charge in [0, 0.05) is 18.2 Å². The van der Waals surface area contributed by atoms with Crippen molar-refractivity contribution in [2.75, 3.05) is 14.2 Å². The summed E-state index contributed by atoms with van der Waals surface area (Å²) in [4.78, 5) is 0. The molecular weight excluding hydrogens is 322 g/mol. The van der Waals surface area contributed by atoms with E-state index < -0.39 is 0 Å². The van der Waals surface area contributed by atoms with E-state index in [-0.39, 0.29) is 0 Å². The highest BCUT2D eigenvalue weighted by molar-refractivity contribution is 5.72. The molecule has 3 heteroatoms. The van der Waals surface area contributed by atoms with Crippen molar-refractivity contribution in [2.45, 2.75) is 19.5 Å². The second kappa shape index (κ2) is 8.54. The van der Waals surface area contributed by atoms with Gasteiger partial charge < -0.3 is 14.8 Å². The van der Waals surface area contributed by atoms with Crippen molar-refractivity contribution in [3.05, 3.63) is 83.9 Å². The molecule has 0 bridgehead atoms. The number of hydrogen-bond acceptors (Lipinski definition) is 3. The number of nitrogens with one attached hydrogen (secondary N) is 1. The minimum absolute atomic E-state index is 0.290. The first kappa shape index (κ1) is 18.0. The summed E-state index contributed by atoms with van der Waals surface area (Å²) in [7, 11) is 3.38. The Morgan fingerprint density at radius 2 is 1.65 bits per heavy atom. The number of benzene rings is 3. The van der Waals surface area contributed by atoms with Crippen molar-refractivity contribution in [1.82, 2.24) is 5.32 Å². The van der Waals surface area contributed by atoms with Gasteiger partial charge in [0.2, 0.25) is 0 Å². The molecule has 0 saturated heterocycles. The maximum absolute atomic E-state index is 5.56. The topological polar surface area (TPSA) is 30.5 Å². The molecule has 0 saturated carbocycles. The highest BCUT2D eigenvalue weighted by Gasteiger charge is 2.10. The van der Waals surface area contributed by atoms with Crippen LogP contribution in [0.3, 0.4) is 0 Å². The van der Waals surface area contributed by atoms with E-state index in [1.165, 1.54) is 11.1 Å². The van der Waals surface area contributed by atoms with E-state index in [1.54, 1.807) is 14.2 Å². The van der Waals surface area contributed by atoms with Crippen LogP contribution in [0.4, 0.5) is 0 Å².